The Morgan fingerprint density at radius 1 is 1.17 bits per heavy atom. The molecule has 6 heteroatoms. The van der Waals surface area contributed by atoms with Crippen LogP contribution in [0.25, 0.3) is 0 Å². The van der Waals surface area contributed by atoms with Gasteiger partial charge in [-0.05, 0) is 44.9 Å². The normalized spacial score (nSPS) is 14.4. The molecule has 24 heavy (non-hydrogen) atoms. The first-order valence-corrected chi connectivity index (χ1v) is 9.35. The predicted molar refractivity (Wildman–Crippen MR) is 101 cm³/mol. The van der Waals surface area contributed by atoms with E-state index >= 15 is 0 Å². The number of nitrogens with zero attached hydrogens (tertiary/aromatic N) is 1. The molecule has 0 radical (unpaired) electrons. The number of carbonyl (C=O) groups excluding carboxylic acids is 1. The molecule has 2 atom stereocenters. The van der Waals surface area contributed by atoms with E-state index in [4.69, 9.17) is 0 Å². The number of nitrogens with one attached hydrogen (secondary N) is 3. The predicted octanol–water partition coefficient (Wildman–Crippen LogP) is 1.89. The Kier molecular flexibility index (Phi) is 13.3. The lowest BCUT2D eigenvalue weighted by Crippen LogP contribution is -2.40. The number of guanidine groups is 1. The second-order valence-corrected chi connectivity index (χ2v) is 6.78. The summed E-state index contributed by atoms with van der Waals surface area (Å²) in [6.07, 6.45) is 3.20. The van der Waals surface area contributed by atoms with E-state index in [0.717, 1.165) is 31.8 Å². The van der Waals surface area contributed by atoms with Crippen LogP contribution in [0.5, 0.6) is 0 Å². The van der Waals surface area contributed by atoms with Crippen LogP contribution in [0.4, 0.5) is 0 Å². The van der Waals surface area contributed by atoms with Crippen molar-refractivity contribution in [3.63, 3.8) is 0 Å². The van der Waals surface area contributed by atoms with E-state index < -0.39 is 0 Å². The molecule has 0 rings (SSSR count). The van der Waals surface area contributed by atoms with Crippen LogP contribution < -0.4 is 16.0 Å². The number of rotatable bonds is 12. The summed E-state index contributed by atoms with van der Waals surface area (Å²) in [6.45, 7) is 12.7. The van der Waals surface area contributed by atoms with Gasteiger partial charge in [0.1, 0.15) is 0 Å². The highest BCUT2D eigenvalue weighted by atomic mass is 16.3. The van der Waals surface area contributed by atoms with Crippen molar-refractivity contribution in [3.05, 3.63) is 0 Å². The average molecular weight is 343 g/mol. The van der Waals surface area contributed by atoms with Crippen LogP contribution in [-0.4, -0.2) is 49.3 Å². The number of amides is 1. The van der Waals surface area contributed by atoms with Gasteiger partial charge in [-0.15, -0.1) is 0 Å². The second kappa shape index (κ2) is 14.1. The zero-order valence-corrected chi connectivity index (χ0v) is 16.2. The Balaban J connectivity index is 4.37. The maximum absolute atomic E-state index is 11.8. The van der Waals surface area contributed by atoms with Crippen LogP contribution in [0, 0.1) is 11.8 Å². The monoisotopic (exact) mass is 342 g/mol. The minimum Gasteiger partial charge on any atom is -0.396 e. The topological polar surface area (TPSA) is 85.8 Å². The summed E-state index contributed by atoms with van der Waals surface area (Å²) in [5, 5.41) is 18.6. The molecular formula is C18H38N4O2. The number of aliphatic hydroxyl groups excluding tert-OH is 1. The fourth-order valence-electron chi connectivity index (χ4n) is 2.44. The van der Waals surface area contributed by atoms with Gasteiger partial charge in [-0.1, -0.05) is 20.8 Å². The molecule has 6 nitrogen and oxygen atoms in total. The molecular weight excluding hydrogens is 304 g/mol. The van der Waals surface area contributed by atoms with Gasteiger partial charge in [0.15, 0.2) is 5.96 Å². The second-order valence-electron chi connectivity index (χ2n) is 6.78. The minimum absolute atomic E-state index is 0.0608. The lowest BCUT2D eigenvalue weighted by molar-refractivity contribution is -0.121. The SMILES string of the molecule is CCNC(=NCC(CCO)CC(C)C)NCCC(=O)NC(C)CC. The van der Waals surface area contributed by atoms with Crippen LogP contribution in [0.3, 0.4) is 0 Å². The molecule has 0 aromatic heterocycles. The Labute approximate surface area is 147 Å². The van der Waals surface area contributed by atoms with Crippen molar-refractivity contribution in [1.29, 1.82) is 0 Å². The third-order valence-electron chi connectivity index (χ3n) is 3.86. The van der Waals surface area contributed by atoms with Gasteiger partial charge in [-0.2, -0.15) is 0 Å². The third-order valence-corrected chi connectivity index (χ3v) is 3.86. The maximum Gasteiger partial charge on any atom is 0.221 e. The Morgan fingerprint density at radius 2 is 1.88 bits per heavy atom. The van der Waals surface area contributed by atoms with Crippen molar-refractivity contribution in [2.24, 2.45) is 16.8 Å². The molecule has 0 aromatic rings. The lowest BCUT2D eigenvalue weighted by Gasteiger charge is -2.17. The van der Waals surface area contributed by atoms with Crippen LogP contribution >= 0.6 is 0 Å². The van der Waals surface area contributed by atoms with E-state index in [-0.39, 0.29) is 18.6 Å². The summed E-state index contributed by atoms with van der Waals surface area (Å²) in [7, 11) is 0. The van der Waals surface area contributed by atoms with Crippen molar-refractivity contribution < 1.29 is 9.90 Å². The molecule has 2 unspecified atom stereocenters. The molecule has 0 bridgehead atoms. The van der Waals surface area contributed by atoms with E-state index in [1.165, 1.54) is 0 Å². The fraction of sp³-hybridized carbons (Fsp3) is 0.889. The van der Waals surface area contributed by atoms with Gasteiger partial charge in [-0.25, -0.2) is 0 Å². The minimum atomic E-state index is 0.0608. The van der Waals surface area contributed by atoms with Crippen molar-refractivity contribution in [1.82, 2.24) is 16.0 Å². The summed E-state index contributed by atoms with van der Waals surface area (Å²) in [5.74, 6) is 1.78. The summed E-state index contributed by atoms with van der Waals surface area (Å²) in [6, 6.07) is 0.217. The number of aliphatic imine (C=N–C) groups is 1. The Morgan fingerprint density at radius 3 is 2.42 bits per heavy atom. The van der Waals surface area contributed by atoms with E-state index in [0.29, 0.717) is 31.3 Å². The van der Waals surface area contributed by atoms with Crippen LogP contribution in [-0.2, 0) is 4.79 Å². The number of hydrogen-bond donors (Lipinski definition) is 4. The molecule has 0 heterocycles. The highest BCUT2D eigenvalue weighted by molar-refractivity contribution is 5.81. The van der Waals surface area contributed by atoms with E-state index in [2.05, 4.69) is 41.7 Å². The largest absolute Gasteiger partial charge is 0.396 e. The summed E-state index contributed by atoms with van der Waals surface area (Å²) in [4.78, 5) is 16.4. The molecule has 0 saturated carbocycles. The van der Waals surface area contributed by atoms with Gasteiger partial charge in [0.25, 0.3) is 0 Å². The molecule has 0 aliphatic rings. The molecule has 0 saturated heterocycles. The summed E-state index contributed by atoms with van der Waals surface area (Å²) >= 11 is 0. The smallest absolute Gasteiger partial charge is 0.221 e. The molecule has 142 valence electrons. The lowest BCUT2D eigenvalue weighted by atomic mass is 9.94. The summed E-state index contributed by atoms with van der Waals surface area (Å²) < 4.78 is 0. The van der Waals surface area contributed by atoms with Gasteiger partial charge in [0, 0.05) is 38.7 Å². The van der Waals surface area contributed by atoms with Crippen molar-refractivity contribution in [2.75, 3.05) is 26.2 Å². The molecule has 4 N–H and O–H groups in total. The zero-order chi connectivity index (χ0) is 18.4. The van der Waals surface area contributed by atoms with Gasteiger partial charge in [0.2, 0.25) is 5.91 Å². The van der Waals surface area contributed by atoms with Crippen LogP contribution in [0.2, 0.25) is 0 Å². The first kappa shape index (κ1) is 22.7. The molecule has 0 fully saturated rings. The van der Waals surface area contributed by atoms with Gasteiger partial charge in [0.05, 0.1) is 0 Å². The maximum atomic E-state index is 11.8. The van der Waals surface area contributed by atoms with Crippen LogP contribution in [0.1, 0.15) is 60.3 Å². The van der Waals surface area contributed by atoms with E-state index in [1.807, 2.05) is 13.8 Å². The fourth-order valence-corrected chi connectivity index (χ4v) is 2.44. The van der Waals surface area contributed by atoms with E-state index in [9.17, 15) is 9.90 Å². The highest BCUT2D eigenvalue weighted by Crippen LogP contribution is 2.15. The summed E-state index contributed by atoms with van der Waals surface area (Å²) in [5.41, 5.74) is 0. The third kappa shape index (κ3) is 12.2. The molecule has 0 aliphatic heterocycles. The van der Waals surface area contributed by atoms with Crippen LogP contribution in [0.15, 0.2) is 4.99 Å². The van der Waals surface area contributed by atoms with Gasteiger partial charge >= 0.3 is 0 Å². The van der Waals surface area contributed by atoms with E-state index in [1.54, 1.807) is 0 Å². The Hall–Kier alpha value is -1.30. The molecule has 0 aliphatic carbocycles. The number of hydrogen-bond acceptors (Lipinski definition) is 3. The number of carbonyl (C=O) groups is 1. The molecule has 0 aromatic carbocycles. The van der Waals surface area contributed by atoms with Gasteiger partial charge in [-0.3, -0.25) is 9.79 Å². The first-order valence-electron chi connectivity index (χ1n) is 9.35. The van der Waals surface area contributed by atoms with Crippen molar-refractivity contribution >= 4 is 11.9 Å². The zero-order valence-electron chi connectivity index (χ0n) is 16.2. The van der Waals surface area contributed by atoms with Crippen molar-refractivity contribution in [3.8, 4) is 0 Å². The highest BCUT2D eigenvalue weighted by Gasteiger charge is 2.11. The first-order chi connectivity index (χ1) is 11.4. The average Bonchev–Trinajstić information content (AvgIpc) is 2.51. The standard InChI is InChI=1S/C18H38N4O2/c1-6-15(5)22-17(24)8-10-20-18(19-7-2)21-13-16(9-11-23)12-14(3)4/h14-16,23H,6-13H2,1-5H3,(H,22,24)(H2,19,20,21). The van der Waals surface area contributed by atoms with Crippen molar-refractivity contribution in [2.45, 2.75) is 66.3 Å². The molecule has 1 amide bonds. The molecule has 0 spiro atoms. The Bertz CT molecular complexity index is 359. The number of aliphatic hydroxyl groups is 1. The quantitative estimate of drug-likeness (QED) is 0.322. The van der Waals surface area contributed by atoms with Gasteiger partial charge < -0.3 is 21.1 Å².